The summed E-state index contributed by atoms with van der Waals surface area (Å²) >= 11 is 1.78. The van der Waals surface area contributed by atoms with Crippen molar-refractivity contribution < 1.29 is 8.78 Å². The summed E-state index contributed by atoms with van der Waals surface area (Å²) in [5.74, 6) is -1.62. The molecule has 0 bridgehead atoms. The van der Waals surface area contributed by atoms with Crippen LogP contribution in [0.3, 0.4) is 0 Å². The van der Waals surface area contributed by atoms with Crippen molar-refractivity contribution >= 4 is 11.8 Å². The number of fused-ring (bicyclic) bond motifs is 1. The zero-order chi connectivity index (χ0) is 14.1. The van der Waals surface area contributed by atoms with Gasteiger partial charge in [0.1, 0.15) is 0 Å². The standard InChI is InChI=1S/C16H15F2NS/c17-12-6-5-10(7-13(12)18)8-14(19)16-9-11-3-1-2-4-15(11)20-16/h1-7,14,16H,8-9,19H2. The summed E-state index contributed by atoms with van der Waals surface area (Å²) in [6.07, 6.45) is 1.49. The van der Waals surface area contributed by atoms with Crippen LogP contribution in [0, 0.1) is 11.6 Å². The second-order valence-corrected chi connectivity index (χ2v) is 6.37. The van der Waals surface area contributed by atoms with E-state index in [4.69, 9.17) is 5.73 Å². The Bertz CT molecular complexity index is 605. The third-order valence-electron chi connectivity index (χ3n) is 3.61. The van der Waals surface area contributed by atoms with Gasteiger partial charge in [0.05, 0.1) is 0 Å². The molecule has 1 heterocycles. The van der Waals surface area contributed by atoms with Crippen molar-refractivity contribution in [2.75, 3.05) is 0 Å². The van der Waals surface area contributed by atoms with E-state index in [1.54, 1.807) is 17.8 Å². The molecule has 2 aromatic rings. The van der Waals surface area contributed by atoms with E-state index in [1.165, 1.54) is 16.5 Å². The molecule has 1 aliphatic rings. The van der Waals surface area contributed by atoms with Crippen LogP contribution in [0.15, 0.2) is 47.4 Å². The lowest BCUT2D eigenvalue weighted by atomic mass is 9.99. The van der Waals surface area contributed by atoms with Crippen LogP contribution in [-0.2, 0) is 12.8 Å². The number of rotatable bonds is 3. The molecule has 0 amide bonds. The van der Waals surface area contributed by atoms with Crippen LogP contribution in [-0.4, -0.2) is 11.3 Å². The monoisotopic (exact) mass is 291 g/mol. The molecule has 4 heteroatoms. The van der Waals surface area contributed by atoms with Gasteiger partial charge in [-0.1, -0.05) is 24.3 Å². The first-order valence-electron chi connectivity index (χ1n) is 6.57. The van der Waals surface area contributed by atoms with Gasteiger partial charge in [-0.05, 0) is 42.2 Å². The molecule has 0 saturated heterocycles. The van der Waals surface area contributed by atoms with E-state index >= 15 is 0 Å². The Labute approximate surface area is 121 Å². The SMILES string of the molecule is NC(Cc1ccc(F)c(F)c1)C1Cc2ccccc2S1. The zero-order valence-corrected chi connectivity index (χ0v) is 11.7. The van der Waals surface area contributed by atoms with E-state index in [9.17, 15) is 8.78 Å². The molecule has 0 aromatic heterocycles. The Morgan fingerprint density at radius 3 is 2.70 bits per heavy atom. The highest BCUT2D eigenvalue weighted by atomic mass is 32.2. The molecular formula is C16H15F2NS. The van der Waals surface area contributed by atoms with Gasteiger partial charge >= 0.3 is 0 Å². The maximum absolute atomic E-state index is 13.2. The van der Waals surface area contributed by atoms with Crippen molar-refractivity contribution in [3.63, 3.8) is 0 Å². The average Bonchev–Trinajstić information content (AvgIpc) is 2.87. The molecule has 0 spiro atoms. The molecule has 2 N–H and O–H groups in total. The van der Waals surface area contributed by atoms with Crippen molar-refractivity contribution in [2.24, 2.45) is 5.73 Å². The number of benzene rings is 2. The van der Waals surface area contributed by atoms with Crippen LogP contribution in [0.2, 0.25) is 0 Å². The molecule has 2 aromatic carbocycles. The second kappa shape index (κ2) is 5.54. The Kier molecular flexibility index (Phi) is 3.76. The molecule has 0 fully saturated rings. The lowest BCUT2D eigenvalue weighted by Gasteiger charge is -2.18. The van der Waals surface area contributed by atoms with Gasteiger partial charge in [0.15, 0.2) is 11.6 Å². The van der Waals surface area contributed by atoms with Gasteiger partial charge in [-0.25, -0.2) is 8.78 Å². The van der Waals surface area contributed by atoms with E-state index in [0.29, 0.717) is 11.7 Å². The molecule has 2 atom stereocenters. The Morgan fingerprint density at radius 1 is 1.15 bits per heavy atom. The number of hydrogen-bond donors (Lipinski definition) is 1. The van der Waals surface area contributed by atoms with E-state index in [2.05, 4.69) is 12.1 Å². The molecule has 1 aliphatic heterocycles. The zero-order valence-electron chi connectivity index (χ0n) is 10.9. The highest BCUT2D eigenvalue weighted by molar-refractivity contribution is 8.00. The first-order chi connectivity index (χ1) is 9.63. The predicted octanol–water partition coefficient (Wildman–Crippen LogP) is 3.55. The highest BCUT2D eigenvalue weighted by Gasteiger charge is 2.27. The molecule has 0 saturated carbocycles. The third-order valence-corrected chi connectivity index (χ3v) is 5.08. The second-order valence-electron chi connectivity index (χ2n) is 5.08. The highest BCUT2D eigenvalue weighted by Crippen LogP contribution is 2.38. The van der Waals surface area contributed by atoms with E-state index in [-0.39, 0.29) is 6.04 Å². The van der Waals surface area contributed by atoms with Gasteiger partial charge in [0, 0.05) is 16.2 Å². The van der Waals surface area contributed by atoms with Crippen LogP contribution in [0.25, 0.3) is 0 Å². The number of hydrogen-bond acceptors (Lipinski definition) is 2. The van der Waals surface area contributed by atoms with Gasteiger partial charge < -0.3 is 5.73 Å². The fraction of sp³-hybridized carbons (Fsp3) is 0.250. The normalized spacial score (nSPS) is 18.9. The molecule has 2 unspecified atom stereocenters. The van der Waals surface area contributed by atoms with E-state index < -0.39 is 11.6 Å². The number of thioether (sulfide) groups is 1. The molecule has 20 heavy (non-hydrogen) atoms. The molecule has 0 radical (unpaired) electrons. The molecule has 0 aliphatic carbocycles. The minimum Gasteiger partial charge on any atom is -0.326 e. The van der Waals surface area contributed by atoms with E-state index in [0.717, 1.165) is 18.1 Å². The average molecular weight is 291 g/mol. The maximum atomic E-state index is 13.2. The third kappa shape index (κ3) is 2.72. The molecule has 1 nitrogen and oxygen atoms in total. The largest absolute Gasteiger partial charge is 0.326 e. The topological polar surface area (TPSA) is 26.0 Å². The first-order valence-corrected chi connectivity index (χ1v) is 7.45. The van der Waals surface area contributed by atoms with Crippen molar-refractivity contribution in [2.45, 2.75) is 29.0 Å². The summed E-state index contributed by atoms with van der Waals surface area (Å²) in [7, 11) is 0. The lowest BCUT2D eigenvalue weighted by molar-refractivity contribution is 0.505. The smallest absolute Gasteiger partial charge is 0.159 e. The quantitative estimate of drug-likeness (QED) is 0.936. The molecule has 3 rings (SSSR count). The molecule has 104 valence electrons. The van der Waals surface area contributed by atoms with Gasteiger partial charge in [-0.15, -0.1) is 11.8 Å². The summed E-state index contributed by atoms with van der Waals surface area (Å²) in [6, 6.07) is 12.2. The summed E-state index contributed by atoms with van der Waals surface area (Å²) < 4.78 is 26.1. The van der Waals surface area contributed by atoms with Crippen LogP contribution >= 0.6 is 11.8 Å². The first kappa shape index (κ1) is 13.6. The minimum absolute atomic E-state index is 0.0720. The van der Waals surface area contributed by atoms with Crippen molar-refractivity contribution in [1.29, 1.82) is 0 Å². The van der Waals surface area contributed by atoms with Crippen LogP contribution in [0.1, 0.15) is 11.1 Å². The van der Waals surface area contributed by atoms with Crippen molar-refractivity contribution in [3.05, 3.63) is 65.2 Å². The fourth-order valence-electron chi connectivity index (χ4n) is 2.52. The summed E-state index contributed by atoms with van der Waals surface area (Å²) in [5, 5.41) is 0.292. The lowest BCUT2D eigenvalue weighted by Crippen LogP contribution is -2.34. The minimum atomic E-state index is -0.815. The maximum Gasteiger partial charge on any atom is 0.159 e. The van der Waals surface area contributed by atoms with Gasteiger partial charge in [-0.2, -0.15) is 0 Å². The summed E-state index contributed by atoms with van der Waals surface area (Å²) in [4.78, 5) is 1.28. The van der Waals surface area contributed by atoms with Gasteiger partial charge in [0.2, 0.25) is 0 Å². The van der Waals surface area contributed by atoms with Gasteiger partial charge in [0.25, 0.3) is 0 Å². The number of halogens is 2. The summed E-state index contributed by atoms with van der Waals surface area (Å²) in [5.41, 5.74) is 8.31. The Balaban J connectivity index is 1.69. The number of nitrogens with two attached hydrogens (primary N) is 1. The Morgan fingerprint density at radius 2 is 1.95 bits per heavy atom. The Hall–Kier alpha value is -1.39. The van der Waals surface area contributed by atoms with E-state index in [1.807, 2.05) is 12.1 Å². The van der Waals surface area contributed by atoms with Crippen LogP contribution in [0.4, 0.5) is 8.78 Å². The fourth-order valence-corrected chi connectivity index (χ4v) is 3.84. The summed E-state index contributed by atoms with van der Waals surface area (Å²) in [6.45, 7) is 0. The van der Waals surface area contributed by atoms with Crippen LogP contribution in [0.5, 0.6) is 0 Å². The van der Waals surface area contributed by atoms with Crippen LogP contribution < -0.4 is 5.73 Å². The van der Waals surface area contributed by atoms with Gasteiger partial charge in [-0.3, -0.25) is 0 Å². The van der Waals surface area contributed by atoms with Crippen molar-refractivity contribution in [1.82, 2.24) is 0 Å². The predicted molar refractivity (Wildman–Crippen MR) is 77.8 cm³/mol. The van der Waals surface area contributed by atoms with Crippen molar-refractivity contribution in [3.8, 4) is 0 Å². The molecular weight excluding hydrogens is 276 g/mol.